The van der Waals surface area contributed by atoms with Crippen LogP contribution in [0.15, 0.2) is 24.3 Å². The molecule has 0 aromatic heterocycles. The molecular formula is C13H16N2O2. The van der Waals surface area contributed by atoms with Gasteiger partial charge < -0.3 is 9.64 Å². The number of carbonyl (C=O) groups excluding carboxylic acids is 1. The van der Waals surface area contributed by atoms with Crippen LogP contribution in [0, 0.1) is 11.3 Å². The van der Waals surface area contributed by atoms with Gasteiger partial charge in [0, 0.05) is 12.7 Å². The van der Waals surface area contributed by atoms with Gasteiger partial charge >= 0.3 is 0 Å². The summed E-state index contributed by atoms with van der Waals surface area (Å²) in [6.07, 6.45) is -0.0403. The zero-order chi connectivity index (χ0) is 12.7. The number of nitriles is 1. The van der Waals surface area contributed by atoms with Crippen LogP contribution in [0.3, 0.4) is 0 Å². The van der Waals surface area contributed by atoms with Crippen molar-refractivity contribution in [1.29, 1.82) is 5.26 Å². The molecule has 4 heteroatoms. The Morgan fingerprint density at radius 2 is 2.06 bits per heavy atom. The molecule has 1 aromatic carbocycles. The van der Waals surface area contributed by atoms with Crippen molar-refractivity contribution in [2.75, 3.05) is 25.1 Å². The van der Waals surface area contributed by atoms with Crippen molar-refractivity contribution < 1.29 is 9.53 Å². The second kappa shape index (κ2) is 6.54. The van der Waals surface area contributed by atoms with Crippen molar-refractivity contribution in [3.05, 3.63) is 24.3 Å². The van der Waals surface area contributed by atoms with Gasteiger partial charge in [-0.05, 0) is 31.2 Å². The number of benzene rings is 1. The summed E-state index contributed by atoms with van der Waals surface area (Å²) in [6, 6.07) is 9.37. The number of nitrogens with zero attached hydrogens (tertiary/aromatic N) is 2. The Morgan fingerprint density at radius 3 is 2.59 bits per heavy atom. The van der Waals surface area contributed by atoms with E-state index >= 15 is 0 Å². The van der Waals surface area contributed by atoms with Crippen molar-refractivity contribution in [2.24, 2.45) is 0 Å². The molecule has 0 N–H and O–H groups in total. The number of Topliss-reactive ketones (excluding diaryl/α,β-unsaturated/α-hetero) is 1. The third kappa shape index (κ3) is 4.15. The molecule has 0 heterocycles. The van der Waals surface area contributed by atoms with Crippen LogP contribution in [0.1, 0.15) is 13.3 Å². The number of hydrogen-bond acceptors (Lipinski definition) is 4. The number of ketones is 1. The molecule has 0 saturated heterocycles. The quantitative estimate of drug-likeness (QED) is 0.752. The minimum absolute atomic E-state index is 0.0403. The third-order valence-corrected chi connectivity index (χ3v) is 2.28. The van der Waals surface area contributed by atoms with Gasteiger partial charge in [-0.1, -0.05) is 0 Å². The van der Waals surface area contributed by atoms with Gasteiger partial charge in [0.2, 0.25) is 0 Å². The summed E-state index contributed by atoms with van der Waals surface area (Å²) in [5.74, 6) is 0.733. The van der Waals surface area contributed by atoms with Gasteiger partial charge in [0.15, 0.2) is 5.78 Å². The molecule has 4 nitrogen and oxygen atoms in total. The number of carbonyl (C=O) groups is 1. The minimum Gasteiger partial charge on any atom is -0.494 e. The van der Waals surface area contributed by atoms with Crippen LogP contribution in [0.4, 0.5) is 5.69 Å². The Kier molecular flexibility index (Phi) is 5.02. The van der Waals surface area contributed by atoms with Gasteiger partial charge in [-0.15, -0.1) is 0 Å². The summed E-state index contributed by atoms with van der Waals surface area (Å²) in [6.45, 7) is 2.82. The summed E-state index contributed by atoms with van der Waals surface area (Å²) >= 11 is 0. The first kappa shape index (κ1) is 13.0. The standard InChI is InChI=1S/C13H16N2O2/c1-3-17-13-6-4-11(5-7-13)15(2)10-12(16)8-9-14/h4-7H,3,8,10H2,1-2H3. The van der Waals surface area contributed by atoms with E-state index in [0.29, 0.717) is 6.61 Å². The van der Waals surface area contributed by atoms with Crippen LogP contribution in [0.5, 0.6) is 5.75 Å². The van der Waals surface area contributed by atoms with Crippen molar-refractivity contribution in [2.45, 2.75) is 13.3 Å². The molecule has 0 spiro atoms. The zero-order valence-electron chi connectivity index (χ0n) is 10.1. The van der Waals surface area contributed by atoms with Crippen LogP contribution >= 0.6 is 0 Å². The van der Waals surface area contributed by atoms with E-state index in [1.54, 1.807) is 0 Å². The Hall–Kier alpha value is -2.02. The predicted octanol–water partition coefficient (Wildman–Crippen LogP) is 2.00. The third-order valence-electron chi connectivity index (χ3n) is 2.28. The molecule has 0 unspecified atom stereocenters. The molecule has 0 aliphatic rings. The first-order valence-corrected chi connectivity index (χ1v) is 5.50. The second-order valence-corrected chi connectivity index (χ2v) is 3.66. The first-order valence-electron chi connectivity index (χ1n) is 5.50. The SMILES string of the molecule is CCOc1ccc(N(C)CC(=O)CC#N)cc1. The van der Waals surface area contributed by atoms with Crippen LogP contribution < -0.4 is 9.64 Å². The van der Waals surface area contributed by atoms with E-state index in [1.165, 1.54) is 0 Å². The summed E-state index contributed by atoms with van der Waals surface area (Å²) in [5, 5.41) is 8.41. The lowest BCUT2D eigenvalue weighted by Crippen LogP contribution is -2.25. The summed E-state index contributed by atoms with van der Waals surface area (Å²) in [4.78, 5) is 13.1. The maximum atomic E-state index is 11.3. The molecule has 0 bridgehead atoms. The van der Waals surface area contributed by atoms with Crippen molar-refractivity contribution in [3.8, 4) is 11.8 Å². The molecule has 0 atom stereocenters. The van der Waals surface area contributed by atoms with E-state index in [1.807, 2.05) is 49.2 Å². The number of anilines is 1. The average molecular weight is 232 g/mol. The van der Waals surface area contributed by atoms with Crippen molar-refractivity contribution in [1.82, 2.24) is 0 Å². The fourth-order valence-corrected chi connectivity index (χ4v) is 1.46. The molecular weight excluding hydrogens is 216 g/mol. The largest absolute Gasteiger partial charge is 0.494 e. The molecule has 0 amide bonds. The molecule has 0 aliphatic carbocycles. The van der Waals surface area contributed by atoms with E-state index in [-0.39, 0.29) is 18.7 Å². The maximum Gasteiger partial charge on any atom is 0.166 e. The highest BCUT2D eigenvalue weighted by molar-refractivity contribution is 5.85. The Bertz CT molecular complexity index is 406. The number of hydrogen-bond donors (Lipinski definition) is 0. The molecule has 0 saturated carbocycles. The highest BCUT2D eigenvalue weighted by Gasteiger charge is 2.07. The summed E-state index contributed by atoms with van der Waals surface area (Å²) in [7, 11) is 1.82. The molecule has 17 heavy (non-hydrogen) atoms. The van der Waals surface area contributed by atoms with Crippen molar-refractivity contribution in [3.63, 3.8) is 0 Å². The fourth-order valence-electron chi connectivity index (χ4n) is 1.46. The summed E-state index contributed by atoms with van der Waals surface area (Å²) in [5.41, 5.74) is 0.930. The minimum atomic E-state index is -0.0797. The normalized spacial score (nSPS) is 9.47. The van der Waals surface area contributed by atoms with Gasteiger partial charge in [0.1, 0.15) is 5.75 Å². The lowest BCUT2D eigenvalue weighted by atomic mass is 10.2. The first-order chi connectivity index (χ1) is 8.17. The topological polar surface area (TPSA) is 53.3 Å². The number of likely N-dealkylation sites (N-methyl/N-ethyl adjacent to an activating group) is 1. The van der Waals surface area contributed by atoms with Gasteiger partial charge in [-0.3, -0.25) is 4.79 Å². The smallest absolute Gasteiger partial charge is 0.166 e. The monoisotopic (exact) mass is 232 g/mol. The van der Waals surface area contributed by atoms with Crippen LogP contribution in [0.2, 0.25) is 0 Å². The molecule has 0 radical (unpaired) electrons. The van der Waals surface area contributed by atoms with Crippen molar-refractivity contribution >= 4 is 11.5 Å². The molecule has 0 fully saturated rings. The Labute approximate surface area is 101 Å². The maximum absolute atomic E-state index is 11.3. The fraction of sp³-hybridized carbons (Fsp3) is 0.385. The highest BCUT2D eigenvalue weighted by Crippen LogP contribution is 2.18. The van der Waals surface area contributed by atoms with E-state index < -0.39 is 0 Å². The van der Waals surface area contributed by atoms with Crippen LogP contribution in [0.25, 0.3) is 0 Å². The van der Waals surface area contributed by atoms with E-state index in [4.69, 9.17) is 10.00 Å². The van der Waals surface area contributed by atoms with Crippen LogP contribution in [-0.2, 0) is 4.79 Å². The van der Waals surface area contributed by atoms with Gasteiger partial charge in [-0.2, -0.15) is 5.26 Å². The zero-order valence-corrected chi connectivity index (χ0v) is 10.1. The molecule has 1 aromatic rings. The second-order valence-electron chi connectivity index (χ2n) is 3.66. The van der Waals surface area contributed by atoms with E-state index in [0.717, 1.165) is 11.4 Å². The highest BCUT2D eigenvalue weighted by atomic mass is 16.5. The number of ether oxygens (including phenoxy) is 1. The predicted molar refractivity (Wildman–Crippen MR) is 66.1 cm³/mol. The van der Waals surface area contributed by atoms with Gasteiger partial charge in [0.05, 0.1) is 25.6 Å². The lowest BCUT2D eigenvalue weighted by Gasteiger charge is -2.18. The average Bonchev–Trinajstić information content (AvgIpc) is 2.30. The summed E-state index contributed by atoms with van der Waals surface area (Å²) < 4.78 is 5.33. The van der Waals surface area contributed by atoms with E-state index in [2.05, 4.69) is 0 Å². The molecule has 1 rings (SSSR count). The van der Waals surface area contributed by atoms with Gasteiger partial charge in [0.25, 0.3) is 0 Å². The Balaban J connectivity index is 2.60. The van der Waals surface area contributed by atoms with Gasteiger partial charge in [-0.25, -0.2) is 0 Å². The number of rotatable bonds is 6. The van der Waals surface area contributed by atoms with E-state index in [9.17, 15) is 4.79 Å². The molecule has 90 valence electrons. The Morgan fingerprint density at radius 1 is 1.41 bits per heavy atom. The van der Waals surface area contributed by atoms with Crippen LogP contribution in [-0.4, -0.2) is 26.0 Å². The molecule has 0 aliphatic heterocycles. The lowest BCUT2D eigenvalue weighted by molar-refractivity contribution is -0.116.